The lowest BCUT2D eigenvalue weighted by atomic mass is 10.1. The van der Waals surface area contributed by atoms with E-state index in [2.05, 4.69) is 4.72 Å². The third-order valence-electron chi connectivity index (χ3n) is 3.75. The zero-order chi connectivity index (χ0) is 18.7. The van der Waals surface area contributed by atoms with Gasteiger partial charge in [-0.2, -0.15) is 4.72 Å². The van der Waals surface area contributed by atoms with Gasteiger partial charge in [-0.25, -0.2) is 12.8 Å². The molecule has 1 unspecified atom stereocenters. The van der Waals surface area contributed by atoms with Gasteiger partial charge in [0.1, 0.15) is 5.82 Å². The van der Waals surface area contributed by atoms with Gasteiger partial charge in [0.05, 0.1) is 10.9 Å². The Balaban J connectivity index is 1.95. The summed E-state index contributed by atoms with van der Waals surface area (Å²) in [7, 11) is -3.88. The molecule has 3 rings (SSSR count). The molecular weight excluding hydrogens is 375 g/mol. The number of amides is 1. The monoisotopic (exact) mass is 390 g/mol. The lowest BCUT2D eigenvalue weighted by molar-refractivity contribution is 0.1000. The first kappa shape index (κ1) is 18.2. The molecule has 0 aliphatic heterocycles. The molecule has 0 fully saturated rings. The van der Waals surface area contributed by atoms with Gasteiger partial charge in [0.25, 0.3) is 0 Å². The van der Waals surface area contributed by atoms with Gasteiger partial charge >= 0.3 is 0 Å². The number of thiophene rings is 1. The minimum atomic E-state index is -3.88. The van der Waals surface area contributed by atoms with E-state index in [1.54, 1.807) is 18.2 Å². The number of halogens is 1. The van der Waals surface area contributed by atoms with Crippen LogP contribution in [0.5, 0.6) is 0 Å². The molecule has 1 amide bonds. The first-order valence-electron chi connectivity index (χ1n) is 7.58. The van der Waals surface area contributed by atoms with Crippen LogP contribution in [0.1, 0.15) is 26.8 Å². The number of hydrogen-bond acceptors (Lipinski definition) is 4. The van der Waals surface area contributed by atoms with E-state index in [1.165, 1.54) is 47.7 Å². The number of benzene rings is 2. The van der Waals surface area contributed by atoms with Crippen LogP contribution in [-0.4, -0.2) is 14.3 Å². The summed E-state index contributed by atoms with van der Waals surface area (Å²) in [6, 6.07) is 14.0. The molecule has 26 heavy (non-hydrogen) atoms. The average Bonchev–Trinajstić information content (AvgIpc) is 3.15. The van der Waals surface area contributed by atoms with Gasteiger partial charge in [-0.05, 0) is 53.4 Å². The lowest BCUT2D eigenvalue weighted by Crippen LogP contribution is -2.29. The summed E-state index contributed by atoms with van der Waals surface area (Å²) >= 11 is 1.39. The van der Waals surface area contributed by atoms with E-state index in [1.807, 2.05) is 11.4 Å². The Kier molecular flexibility index (Phi) is 5.17. The standard InChI is InChI=1S/C18H15FN2O3S2/c19-14-7-3-12(4-8-14)17(16-2-1-11-25-16)21-26(23,24)15-9-5-13(6-10-15)18(20)22/h1-11,17,21H,(H2,20,22). The number of carbonyl (C=O) groups is 1. The highest BCUT2D eigenvalue weighted by Gasteiger charge is 2.24. The molecule has 0 saturated heterocycles. The number of hydrogen-bond donors (Lipinski definition) is 2. The molecule has 2 aromatic carbocycles. The number of primary amides is 1. The van der Waals surface area contributed by atoms with Crippen LogP contribution in [0, 0.1) is 5.82 Å². The molecule has 1 heterocycles. The Labute approximate surface area is 154 Å². The summed E-state index contributed by atoms with van der Waals surface area (Å²) in [5.41, 5.74) is 6.01. The average molecular weight is 390 g/mol. The summed E-state index contributed by atoms with van der Waals surface area (Å²) in [5.74, 6) is -1.03. The molecule has 8 heteroatoms. The second kappa shape index (κ2) is 7.36. The minimum absolute atomic E-state index is 0.00571. The first-order chi connectivity index (χ1) is 12.4. The van der Waals surface area contributed by atoms with Gasteiger partial charge in [0.15, 0.2) is 0 Å². The molecule has 5 nitrogen and oxygen atoms in total. The van der Waals surface area contributed by atoms with Crippen LogP contribution in [0.4, 0.5) is 4.39 Å². The molecule has 1 aromatic heterocycles. The van der Waals surface area contributed by atoms with E-state index in [-0.39, 0.29) is 10.5 Å². The summed E-state index contributed by atoms with van der Waals surface area (Å²) < 4.78 is 41.4. The van der Waals surface area contributed by atoms with E-state index in [9.17, 15) is 17.6 Å². The van der Waals surface area contributed by atoms with Crippen LogP contribution in [0.2, 0.25) is 0 Å². The maximum Gasteiger partial charge on any atom is 0.248 e. The zero-order valence-electron chi connectivity index (χ0n) is 13.4. The van der Waals surface area contributed by atoms with Crippen molar-refractivity contribution in [3.63, 3.8) is 0 Å². The second-order valence-electron chi connectivity index (χ2n) is 5.51. The Bertz CT molecular complexity index is 1000. The van der Waals surface area contributed by atoms with Crippen LogP contribution in [-0.2, 0) is 10.0 Å². The third kappa shape index (κ3) is 3.98. The molecule has 134 valence electrons. The van der Waals surface area contributed by atoms with Gasteiger partial charge in [-0.3, -0.25) is 4.79 Å². The van der Waals surface area contributed by atoms with Gasteiger partial charge in [-0.1, -0.05) is 18.2 Å². The second-order valence-corrected chi connectivity index (χ2v) is 8.20. The molecule has 0 aliphatic carbocycles. The van der Waals surface area contributed by atoms with Gasteiger partial charge in [-0.15, -0.1) is 11.3 Å². The summed E-state index contributed by atoms with van der Waals surface area (Å²) in [6.45, 7) is 0. The van der Waals surface area contributed by atoms with Crippen molar-refractivity contribution in [1.29, 1.82) is 0 Å². The fourth-order valence-electron chi connectivity index (χ4n) is 2.42. The SMILES string of the molecule is NC(=O)c1ccc(S(=O)(=O)NC(c2ccc(F)cc2)c2cccs2)cc1. The molecule has 1 atom stereocenters. The van der Waals surface area contributed by atoms with Crippen molar-refractivity contribution >= 4 is 27.3 Å². The summed E-state index contributed by atoms with van der Waals surface area (Å²) in [4.78, 5) is 11.9. The molecular formula is C18H15FN2O3S2. The molecule has 3 N–H and O–H groups in total. The maximum absolute atomic E-state index is 13.2. The van der Waals surface area contributed by atoms with Gasteiger partial charge in [0.2, 0.25) is 15.9 Å². The van der Waals surface area contributed by atoms with Crippen molar-refractivity contribution in [1.82, 2.24) is 4.72 Å². The quantitative estimate of drug-likeness (QED) is 0.678. The fourth-order valence-corrected chi connectivity index (χ4v) is 4.50. The van der Waals surface area contributed by atoms with Crippen molar-refractivity contribution in [3.8, 4) is 0 Å². The summed E-state index contributed by atoms with van der Waals surface area (Å²) in [6.07, 6.45) is 0. The number of sulfonamides is 1. The van der Waals surface area contributed by atoms with E-state index < -0.39 is 27.8 Å². The van der Waals surface area contributed by atoms with E-state index in [4.69, 9.17) is 5.73 Å². The van der Waals surface area contributed by atoms with E-state index in [0.717, 1.165) is 4.88 Å². The Morgan fingerprint density at radius 1 is 1.04 bits per heavy atom. The molecule has 0 bridgehead atoms. The van der Waals surface area contributed by atoms with Gasteiger partial charge in [0, 0.05) is 10.4 Å². The highest BCUT2D eigenvalue weighted by Crippen LogP contribution is 2.28. The Morgan fingerprint density at radius 3 is 2.23 bits per heavy atom. The summed E-state index contributed by atoms with van der Waals surface area (Å²) in [5, 5.41) is 1.84. The molecule has 0 saturated carbocycles. The molecule has 0 radical (unpaired) electrons. The van der Waals surface area contributed by atoms with Crippen molar-refractivity contribution in [3.05, 3.63) is 87.9 Å². The number of rotatable bonds is 6. The maximum atomic E-state index is 13.2. The predicted molar refractivity (Wildman–Crippen MR) is 97.8 cm³/mol. The molecule has 0 aliphatic rings. The number of nitrogens with one attached hydrogen (secondary N) is 1. The molecule has 3 aromatic rings. The van der Waals surface area contributed by atoms with E-state index >= 15 is 0 Å². The van der Waals surface area contributed by atoms with Crippen molar-refractivity contribution in [2.45, 2.75) is 10.9 Å². The lowest BCUT2D eigenvalue weighted by Gasteiger charge is -2.18. The predicted octanol–water partition coefficient (Wildman–Crippen LogP) is 3.05. The van der Waals surface area contributed by atoms with Crippen LogP contribution in [0.3, 0.4) is 0 Å². The van der Waals surface area contributed by atoms with Crippen molar-refractivity contribution < 1.29 is 17.6 Å². The van der Waals surface area contributed by atoms with Gasteiger partial charge < -0.3 is 5.73 Å². The zero-order valence-corrected chi connectivity index (χ0v) is 15.1. The number of carbonyl (C=O) groups excluding carboxylic acids is 1. The largest absolute Gasteiger partial charge is 0.366 e. The fraction of sp³-hybridized carbons (Fsp3) is 0.0556. The first-order valence-corrected chi connectivity index (χ1v) is 9.94. The Hall–Kier alpha value is -2.55. The highest BCUT2D eigenvalue weighted by atomic mass is 32.2. The smallest absolute Gasteiger partial charge is 0.248 e. The topological polar surface area (TPSA) is 89.3 Å². The minimum Gasteiger partial charge on any atom is -0.366 e. The number of nitrogens with two attached hydrogens (primary N) is 1. The molecule has 0 spiro atoms. The van der Waals surface area contributed by atoms with Crippen molar-refractivity contribution in [2.24, 2.45) is 5.73 Å². The highest BCUT2D eigenvalue weighted by molar-refractivity contribution is 7.89. The van der Waals surface area contributed by atoms with Crippen LogP contribution < -0.4 is 10.5 Å². The van der Waals surface area contributed by atoms with Crippen molar-refractivity contribution in [2.75, 3.05) is 0 Å². The normalized spacial score (nSPS) is 12.7. The van der Waals surface area contributed by atoms with Crippen LogP contribution >= 0.6 is 11.3 Å². The van der Waals surface area contributed by atoms with Crippen LogP contribution in [0.25, 0.3) is 0 Å². The van der Waals surface area contributed by atoms with E-state index in [0.29, 0.717) is 5.56 Å². The Morgan fingerprint density at radius 2 is 1.69 bits per heavy atom. The van der Waals surface area contributed by atoms with Crippen LogP contribution in [0.15, 0.2) is 70.9 Å². The third-order valence-corrected chi connectivity index (χ3v) is 6.13.